The second-order valence-corrected chi connectivity index (χ2v) is 7.32. The Kier molecular flexibility index (Phi) is 5.56. The zero-order valence-corrected chi connectivity index (χ0v) is 17.5. The number of rotatable bonds is 4. The lowest BCUT2D eigenvalue weighted by atomic mass is 10.1. The second kappa shape index (κ2) is 8.33. The van der Waals surface area contributed by atoms with Crippen molar-refractivity contribution in [3.8, 4) is 22.8 Å². The molecule has 162 valence electrons. The third kappa shape index (κ3) is 4.13. The van der Waals surface area contributed by atoms with Gasteiger partial charge in [-0.2, -0.15) is 5.01 Å². The Bertz CT molecular complexity index is 1330. The van der Waals surface area contributed by atoms with Crippen LogP contribution < -0.4 is 26.4 Å². The number of anilines is 1. The number of aromatic nitrogens is 2. The monoisotopic (exact) mass is 474 g/mol. The molecule has 2 heterocycles. The number of amides is 2. The maximum absolute atomic E-state index is 13.7. The average molecular weight is 475 g/mol. The molecule has 4 N–H and O–H groups in total. The summed E-state index contributed by atoms with van der Waals surface area (Å²) in [6.45, 7) is 3.57. The number of hydrazone groups is 1. The van der Waals surface area contributed by atoms with E-state index >= 15 is 0 Å². The number of nitrogens with zero attached hydrogens (tertiary/aromatic N) is 3. The Morgan fingerprint density at radius 3 is 2.53 bits per heavy atom. The van der Waals surface area contributed by atoms with Crippen LogP contribution in [0.25, 0.3) is 11.1 Å². The molecule has 0 aliphatic carbocycles. The number of hydrogen-bond donors (Lipinski definition) is 3. The van der Waals surface area contributed by atoms with Gasteiger partial charge in [-0.05, 0) is 29.8 Å². The molecule has 0 radical (unpaired) electrons. The molecule has 3 aromatic rings. The highest BCUT2D eigenvalue weighted by Crippen LogP contribution is 2.41. The van der Waals surface area contributed by atoms with Crippen LogP contribution in [-0.4, -0.2) is 22.1 Å². The molecule has 12 heteroatoms. The molecular weight excluding hydrogens is 462 g/mol. The number of nitrogens with two attached hydrogens (primary N) is 1. The molecule has 32 heavy (non-hydrogen) atoms. The third-order valence-corrected chi connectivity index (χ3v) is 4.86. The summed E-state index contributed by atoms with van der Waals surface area (Å²) in [5.41, 5.74) is 6.14. The van der Waals surface area contributed by atoms with E-state index in [1.807, 2.05) is 0 Å². The molecule has 1 aliphatic rings. The van der Waals surface area contributed by atoms with E-state index in [2.05, 4.69) is 27.2 Å². The smallest absolute Gasteiger partial charge is 0.347 e. The number of aromatic amines is 1. The zero-order chi connectivity index (χ0) is 23.0. The van der Waals surface area contributed by atoms with Gasteiger partial charge in [-0.3, -0.25) is 4.79 Å². The van der Waals surface area contributed by atoms with Crippen LogP contribution in [0.3, 0.4) is 0 Å². The van der Waals surface area contributed by atoms with E-state index in [1.54, 1.807) is 6.07 Å². The minimum atomic E-state index is -0.610. The largest absolute Gasteiger partial charge is 0.434 e. The first-order valence-corrected chi connectivity index (χ1v) is 9.65. The van der Waals surface area contributed by atoms with Crippen molar-refractivity contribution in [2.45, 2.75) is 0 Å². The van der Waals surface area contributed by atoms with Gasteiger partial charge in [0.05, 0.1) is 27.0 Å². The molecule has 2 amide bonds. The predicted octanol–water partition coefficient (Wildman–Crippen LogP) is 3.99. The van der Waals surface area contributed by atoms with Gasteiger partial charge in [0, 0.05) is 6.07 Å². The Hall–Kier alpha value is -3.89. The summed E-state index contributed by atoms with van der Waals surface area (Å²) in [4.78, 5) is 24.0. The van der Waals surface area contributed by atoms with Crippen molar-refractivity contribution in [1.29, 1.82) is 0 Å². The quantitative estimate of drug-likeness (QED) is 0.526. The zero-order valence-electron chi connectivity index (χ0n) is 16.0. The molecule has 0 spiro atoms. The Labute approximate surface area is 189 Å². The number of benzene rings is 2. The van der Waals surface area contributed by atoms with Crippen LogP contribution in [0.5, 0.6) is 11.6 Å². The van der Waals surface area contributed by atoms with Gasteiger partial charge in [0.1, 0.15) is 5.82 Å². The van der Waals surface area contributed by atoms with E-state index in [0.717, 1.165) is 5.01 Å². The fourth-order valence-corrected chi connectivity index (χ4v) is 3.38. The highest BCUT2D eigenvalue weighted by Gasteiger charge is 2.25. The maximum atomic E-state index is 13.7. The molecule has 0 saturated carbocycles. The van der Waals surface area contributed by atoms with Gasteiger partial charge in [-0.1, -0.05) is 41.9 Å². The number of nitrogens with one attached hydrogen (secondary N) is 2. The first-order valence-electron chi connectivity index (χ1n) is 8.90. The van der Waals surface area contributed by atoms with Gasteiger partial charge in [0.2, 0.25) is 5.88 Å². The Morgan fingerprint density at radius 2 is 1.84 bits per heavy atom. The topological polar surface area (TPSA) is 126 Å². The van der Waals surface area contributed by atoms with Crippen molar-refractivity contribution in [3.63, 3.8) is 0 Å². The van der Waals surface area contributed by atoms with E-state index in [9.17, 15) is 14.0 Å². The maximum Gasteiger partial charge on any atom is 0.347 e. The minimum absolute atomic E-state index is 0.00642. The Balaban J connectivity index is 1.73. The molecule has 0 bridgehead atoms. The fraction of sp³-hybridized carbons (Fsp3) is 0. The third-order valence-electron chi connectivity index (χ3n) is 4.30. The van der Waals surface area contributed by atoms with E-state index in [1.165, 1.54) is 36.4 Å². The SMILES string of the molecule is C=C1NC(=O)N(c2cc(Cl)c(Oc3n[nH]c(=O)cc3-c3cccc(F)c3)c(Cl)c2)N=C1N. The van der Waals surface area contributed by atoms with Gasteiger partial charge in [-0.15, -0.1) is 10.2 Å². The lowest BCUT2D eigenvalue weighted by Crippen LogP contribution is -2.45. The lowest BCUT2D eigenvalue weighted by Gasteiger charge is -2.24. The van der Waals surface area contributed by atoms with Crippen molar-refractivity contribution in [2.75, 3.05) is 5.01 Å². The number of hydrogen-bond acceptors (Lipinski definition) is 6. The summed E-state index contributed by atoms with van der Waals surface area (Å²) in [6, 6.07) is 8.90. The van der Waals surface area contributed by atoms with E-state index in [-0.39, 0.29) is 44.5 Å². The van der Waals surface area contributed by atoms with Crippen molar-refractivity contribution < 1.29 is 13.9 Å². The van der Waals surface area contributed by atoms with E-state index in [0.29, 0.717) is 5.56 Å². The molecule has 2 aromatic carbocycles. The van der Waals surface area contributed by atoms with Gasteiger partial charge in [0.15, 0.2) is 11.6 Å². The van der Waals surface area contributed by atoms with Crippen molar-refractivity contribution in [3.05, 3.63) is 81.0 Å². The van der Waals surface area contributed by atoms with Crippen LogP contribution in [0.4, 0.5) is 14.9 Å². The van der Waals surface area contributed by atoms with Gasteiger partial charge < -0.3 is 15.8 Å². The van der Waals surface area contributed by atoms with Gasteiger partial charge in [-0.25, -0.2) is 14.3 Å². The summed E-state index contributed by atoms with van der Waals surface area (Å²) >= 11 is 12.7. The molecule has 0 saturated heterocycles. The summed E-state index contributed by atoms with van der Waals surface area (Å²) in [5.74, 6) is -0.570. The van der Waals surface area contributed by atoms with E-state index in [4.69, 9.17) is 33.7 Å². The van der Waals surface area contributed by atoms with Crippen LogP contribution in [0.15, 0.2) is 64.6 Å². The summed E-state index contributed by atoms with van der Waals surface area (Å²) in [7, 11) is 0. The standard InChI is InChI=1S/C20H13Cl2FN6O3/c1-9-18(24)28-29(20(31)25-9)12-6-14(21)17(15(22)7-12)32-19-13(8-16(30)26-27-19)10-3-2-4-11(23)5-10/h2-8H,1H2,(H2,24,28)(H,25,31)(H,26,30). The number of amidine groups is 1. The Morgan fingerprint density at radius 1 is 1.12 bits per heavy atom. The molecular formula is C20H13Cl2FN6O3. The first kappa shape index (κ1) is 21.3. The molecule has 1 aliphatic heterocycles. The van der Waals surface area contributed by atoms with Gasteiger partial charge >= 0.3 is 6.03 Å². The van der Waals surface area contributed by atoms with Crippen LogP contribution in [-0.2, 0) is 0 Å². The summed E-state index contributed by atoms with van der Waals surface area (Å²) in [5, 5.41) is 13.5. The summed E-state index contributed by atoms with van der Waals surface area (Å²) in [6.07, 6.45) is 0. The van der Waals surface area contributed by atoms with Crippen molar-refractivity contribution in [2.24, 2.45) is 10.8 Å². The highest BCUT2D eigenvalue weighted by atomic mass is 35.5. The number of H-pyrrole nitrogens is 1. The lowest BCUT2D eigenvalue weighted by molar-refractivity contribution is 0.248. The minimum Gasteiger partial charge on any atom is -0.434 e. The van der Waals surface area contributed by atoms with Crippen LogP contribution in [0.2, 0.25) is 10.0 Å². The van der Waals surface area contributed by atoms with Gasteiger partial charge in [0.25, 0.3) is 5.56 Å². The van der Waals surface area contributed by atoms with Crippen LogP contribution in [0, 0.1) is 5.82 Å². The normalized spacial score (nSPS) is 13.6. The molecule has 0 atom stereocenters. The average Bonchev–Trinajstić information content (AvgIpc) is 2.74. The number of halogens is 3. The highest BCUT2D eigenvalue weighted by molar-refractivity contribution is 6.37. The van der Waals surface area contributed by atoms with E-state index < -0.39 is 17.4 Å². The number of ether oxygens (including phenoxy) is 1. The molecule has 0 unspecified atom stereocenters. The van der Waals surface area contributed by atoms with Crippen LogP contribution >= 0.6 is 23.2 Å². The fourth-order valence-electron chi connectivity index (χ4n) is 2.83. The number of carbonyl (C=O) groups excluding carboxylic acids is 1. The molecule has 4 rings (SSSR count). The van der Waals surface area contributed by atoms with Crippen molar-refractivity contribution >= 4 is 40.8 Å². The molecule has 0 fully saturated rings. The molecule has 9 nitrogen and oxygen atoms in total. The van der Waals surface area contributed by atoms with Crippen molar-refractivity contribution in [1.82, 2.24) is 15.5 Å². The first-order chi connectivity index (χ1) is 15.2. The molecule has 1 aromatic heterocycles. The van der Waals surface area contributed by atoms with Crippen LogP contribution in [0.1, 0.15) is 0 Å². The summed E-state index contributed by atoms with van der Waals surface area (Å²) < 4.78 is 19.5. The predicted molar refractivity (Wildman–Crippen MR) is 119 cm³/mol. The number of carbonyl (C=O) groups is 1. The number of urea groups is 1. The second-order valence-electron chi connectivity index (χ2n) is 6.51.